The van der Waals surface area contributed by atoms with Crippen LogP contribution in [0.3, 0.4) is 0 Å². The summed E-state index contributed by atoms with van der Waals surface area (Å²) in [5.74, 6) is -0.0482. The van der Waals surface area contributed by atoms with Gasteiger partial charge in [-0.1, -0.05) is 6.42 Å². The maximum Gasteiger partial charge on any atom is 0.315 e. The standard InChI is InChI=1S/C15H22N2O4/c1-10(9-11-5-4-8-21-11)16-14(20)17-12-6-3-7-15(12,2)13(18)19/h4-5,8,10,12H,3,6-7,9H2,1-2H3,(H,18,19)(H2,16,17,20). The highest BCUT2D eigenvalue weighted by molar-refractivity contribution is 5.79. The topological polar surface area (TPSA) is 91.6 Å². The number of hydrogen-bond acceptors (Lipinski definition) is 3. The maximum atomic E-state index is 12.0. The van der Waals surface area contributed by atoms with Crippen LogP contribution in [0.1, 0.15) is 38.9 Å². The molecule has 0 bridgehead atoms. The van der Waals surface area contributed by atoms with Gasteiger partial charge in [-0.3, -0.25) is 4.79 Å². The Morgan fingerprint density at radius 1 is 1.57 bits per heavy atom. The molecule has 1 aliphatic carbocycles. The van der Waals surface area contributed by atoms with Crippen molar-refractivity contribution in [2.75, 3.05) is 0 Å². The molecule has 21 heavy (non-hydrogen) atoms. The molecule has 1 fully saturated rings. The van der Waals surface area contributed by atoms with Gasteiger partial charge in [0.2, 0.25) is 0 Å². The monoisotopic (exact) mass is 294 g/mol. The molecule has 1 heterocycles. The van der Waals surface area contributed by atoms with Crippen molar-refractivity contribution in [3.05, 3.63) is 24.2 Å². The first-order valence-electron chi connectivity index (χ1n) is 7.24. The smallest absolute Gasteiger partial charge is 0.315 e. The predicted molar refractivity (Wildman–Crippen MR) is 76.9 cm³/mol. The highest BCUT2D eigenvalue weighted by Gasteiger charge is 2.45. The molecule has 6 nitrogen and oxygen atoms in total. The molecule has 6 heteroatoms. The van der Waals surface area contributed by atoms with Crippen LogP contribution < -0.4 is 10.6 Å². The molecule has 1 saturated carbocycles. The van der Waals surface area contributed by atoms with Crippen LogP contribution in [-0.2, 0) is 11.2 Å². The number of carbonyl (C=O) groups excluding carboxylic acids is 1. The Morgan fingerprint density at radius 2 is 2.33 bits per heavy atom. The van der Waals surface area contributed by atoms with E-state index in [2.05, 4.69) is 10.6 Å². The lowest BCUT2D eigenvalue weighted by atomic mass is 9.85. The van der Waals surface area contributed by atoms with Crippen LogP contribution in [0.25, 0.3) is 0 Å². The second-order valence-electron chi connectivity index (χ2n) is 5.97. The highest BCUT2D eigenvalue weighted by atomic mass is 16.4. The Labute approximate surface area is 123 Å². The van der Waals surface area contributed by atoms with E-state index >= 15 is 0 Å². The van der Waals surface area contributed by atoms with Gasteiger partial charge in [0.1, 0.15) is 5.76 Å². The van der Waals surface area contributed by atoms with Crippen molar-refractivity contribution in [3.63, 3.8) is 0 Å². The minimum absolute atomic E-state index is 0.0892. The SMILES string of the molecule is CC(Cc1ccco1)NC(=O)NC1CCCC1(C)C(=O)O. The molecule has 0 spiro atoms. The zero-order chi connectivity index (χ0) is 15.5. The number of carbonyl (C=O) groups is 2. The van der Waals surface area contributed by atoms with Crippen LogP contribution in [0, 0.1) is 5.41 Å². The summed E-state index contributed by atoms with van der Waals surface area (Å²) in [6, 6.07) is 2.92. The van der Waals surface area contributed by atoms with Crippen LogP contribution in [0.15, 0.2) is 22.8 Å². The second-order valence-corrected chi connectivity index (χ2v) is 5.97. The normalized spacial score (nSPS) is 26.3. The van der Waals surface area contributed by atoms with Crippen LogP contribution in [0.5, 0.6) is 0 Å². The zero-order valence-electron chi connectivity index (χ0n) is 12.4. The number of furan rings is 1. The van der Waals surface area contributed by atoms with Gasteiger partial charge in [-0.15, -0.1) is 0 Å². The molecule has 2 rings (SSSR count). The maximum absolute atomic E-state index is 12.0. The minimum atomic E-state index is -0.873. The lowest BCUT2D eigenvalue weighted by molar-refractivity contribution is -0.148. The van der Waals surface area contributed by atoms with Gasteiger partial charge >= 0.3 is 12.0 Å². The number of urea groups is 1. The summed E-state index contributed by atoms with van der Waals surface area (Å²) in [6.07, 6.45) is 4.30. The first kappa shape index (κ1) is 15.4. The molecule has 1 aromatic rings. The first-order valence-corrected chi connectivity index (χ1v) is 7.24. The fourth-order valence-electron chi connectivity index (χ4n) is 2.86. The van der Waals surface area contributed by atoms with Gasteiger partial charge in [-0.2, -0.15) is 0 Å². The average Bonchev–Trinajstić information content (AvgIpc) is 3.01. The predicted octanol–water partition coefficient (Wildman–Crippen LogP) is 2.15. The number of rotatable bonds is 5. The van der Waals surface area contributed by atoms with E-state index in [0.717, 1.165) is 12.2 Å². The summed E-state index contributed by atoms with van der Waals surface area (Å²) in [5, 5.41) is 14.9. The van der Waals surface area contributed by atoms with Crippen molar-refractivity contribution in [2.45, 2.75) is 51.6 Å². The van der Waals surface area contributed by atoms with Crippen molar-refractivity contribution < 1.29 is 19.1 Å². The summed E-state index contributed by atoms with van der Waals surface area (Å²) in [5.41, 5.74) is -0.873. The van der Waals surface area contributed by atoms with E-state index in [1.807, 2.05) is 13.0 Å². The first-order chi connectivity index (χ1) is 9.91. The van der Waals surface area contributed by atoms with Crippen molar-refractivity contribution >= 4 is 12.0 Å². The van der Waals surface area contributed by atoms with Crippen molar-refractivity contribution in [3.8, 4) is 0 Å². The average molecular weight is 294 g/mol. The Balaban J connectivity index is 1.85. The number of amides is 2. The molecule has 1 aromatic heterocycles. The molecule has 2 amide bonds. The molecule has 1 aliphatic rings. The molecular formula is C15H22N2O4. The van der Waals surface area contributed by atoms with E-state index in [1.165, 1.54) is 0 Å². The minimum Gasteiger partial charge on any atom is -0.481 e. The summed E-state index contributed by atoms with van der Waals surface area (Å²) in [7, 11) is 0. The van der Waals surface area contributed by atoms with Crippen molar-refractivity contribution in [1.29, 1.82) is 0 Å². The van der Waals surface area contributed by atoms with E-state index < -0.39 is 11.4 Å². The molecule has 116 valence electrons. The largest absolute Gasteiger partial charge is 0.481 e. The molecule has 0 radical (unpaired) electrons. The van der Waals surface area contributed by atoms with Gasteiger partial charge < -0.3 is 20.2 Å². The van der Waals surface area contributed by atoms with Crippen molar-refractivity contribution in [2.24, 2.45) is 5.41 Å². The summed E-state index contributed by atoms with van der Waals surface area (Å²) in [4.78, 5) is 23.4. The summed E-state index contributed by atoms with van der Waals surface area (Å²) >= 11 is 0. The quantitative estimate of drug-likeness (QED) is 0.776. The number of carboxylic acids is 1. The molecule has 3 unspecified atom stereocenters. The molecule has 0 aliphatic heterocycles. The van der Waals surface area contributed by atoms with Gasteiger partial charge in [0.05, 0.1) is 11.7 Å². The van der Waals surface area contributed by atoms with Crippen LogP contribution in [-0.4, -0.2) is 29.2 Å². The number of aliphatic carboxylic acids is 1. The van der Waals surface area contributed by atoms with E-state index in [1.54, 1.807) is 19.3 Å². The third-order valence-corrected chi connectivity index (χ3v) is 4.22. The van der Waals surface area contributed by atoms with E-state index in [4.69, 9.17) is 4.42 Å². The number of hydrogen-bond donors (Lipinski definition) is 3. The van der Waals surface area contributed by atoms with Gasteiger partial charge in [0.25, 0.3) is 0 Å². The van der Waals surface area contributed by atoms with Gasteiger partial charge in [0.15, 0.2) is 0 Å². The van der Waals surface area contributed by atoms with Gasteiger partial charge in [-0.05, 0) is 38.8 Å². The lowest BCUT2D eigenvalue weighted by Gasteiger charge is -2.28. The summed E-state index contributed by atoms with van der Waals surface area (Å²) in [6.45, 7) is 3.58. The van der Waals surface area contributed by atoms with Crippen LogP contribution >= 0.6 is 0 Å². The zero-order valence-corrected chi connectivity index (χ0v) is 12.4. The Bertz CT molecular complexity index is 500. The molecule has 0 saturated heterocycles. The van der Waals surface area contributed by atoms with E-state index in [-0.39, 0.29) is 18.1 Å². The number of nitrogens with one attached hydrogen (secondary N) is 2. The van der Waals surface area contributed by atoms with Crippen LogP contribution in [0.4, 0.5) is 4.79 Å². The third-order valence-electron chi connectivity index (χ3n) is 4.22. The molecule has 3 N–H and O–H groups in total. The van der Waals surface area contributed by atoms with Gasteiger partial charge in [-0.25, -0.2) is 4.79 Å². The Kier molecular flexibility index (Phi) is 4.55. The van der Waals surface area contributed by atoms with Crippen LogP contribution in [0.2, 0.25) is 0 Å². The summed E-state index contributed by atoms with van der Waals surface area (Å²) < 4.78 is 5.23. The fraction of sp³-hybridized carbons (Fsp3) is 0.600. The second kappa shape index (κ2) is 6.20. The molecule has 0 aromatic carbocycles. The van der Waals surface area contributed by atoms with Crippen molar-refractivity contribution in [1.82, 2.24) is 10.6 Å². The Morgan fingerprint density at radius 3 is 2.95 bits per heavy atom. The molecular weight excluding hydrogens is 272 g/mol. The van der Waals surface area contributed by atoms with E-state index in [0.29, 0.717) is 19.3 Å². The third kappa shape index (κ3) is 3.56. The lowest BCUT2D eigenvalue weighted by Crippen LogP contribution is -2.52. The van der Waals surface area contributed by atoms with E-state index in [9.17, 15) is 14.7 Å². The number of carboxylic acid groups (broad SMARTS) is 1. The fourth-order valence-corrected chi connectivity index (χ4v) is 2.86. The Hall–Kier alpha value is -1.98. The van der Waals surface area contributed by atoms with Gasteiger partial charge in [0, 0.05) is 18.5 Å². The highest BCUT2D eigenvalue weighted by Crippen LogP contribution is 2.38. The molecule has 3 atom stereocenters.